The first kappa shape index (κ1) is 11.6. The molecule has 3 N–H and O–H groups in total. The van der Waals surface area contributed by atoms with Gasteiger partial charge in [0.25, 0.3) is 0 Å². The summed E-state index contributed by atoms with van der Waals surface area (Å²) in [6, 6.07) is 11.3. The van der Waals surface area contributed by atoms with Gasteiger partial charge in [-0.1, -0.05) is 18.2 Å². The molecule has 3 heteroatoms. The van der Waals surface area contributed by atoms with E-state index in [1.54, 1.807) is 30.3 Å². The van der Waals surface area contributed by atoms with Crippen molar-refractivity contribution in [1.82, 2.24) is 0 Å². The maximum absolute atomic E-state index is 13.2. The molecule has 0 spiro atoms. The molecule has 0 fully saturated rings. The van der Waals surface area contributed by atoms with Crippen LogP contribution in [0.1, 0.15) is 22.8 Å². The summed E-state index contributed by atoms with van der Waals surface area (Å²) in [6.45, 7) is 1.84. The summed E-state index contributed by atoms with van der Waals surface area (Å²) in [5.74, 6) is -0.347. The Morgan fingerprint density at radius 1 is 1.12 bits per heavy atom. The van der Waals surface area contributed by atoms with E-state index in [1.165, 1.54) is 12.1 Å². The molecule has 0 bridgehead atoms. The molecule has 0 aliphatic heterocycles. The van der Waals surface area contributed by atoms with Gasteiger partial charge in [-0.25, -0.2) is 4.39 Å². The third-order valence-electron chi connectivity index (χ3n) is 2.79. The first-order chi connectivity index (χ1) is 8.08. The van der Waals surface area contributed by atoms with Gasteiger partial charge in [0.15, 0.2) is 0 Å². The first-order valence-corrected chi connectivity index (χ1v) is 5.37. The monoisotopic (exact) mass is 231 g/mol. The van der Waals surface area contributed by atoms with Gasteiger partial charge in [0.2, 0.25) is 0 Å². The quantitative estimate of drug-likeness (QED) is 0.781. The van der Waals surface area contributed by atoms with Crippen molar-refractivity contribution in [3.05, 3.63) is 65.0 Å². The highest BCUT2D eigenvalue weighted by atomic mass is 19.1. The van der Waals surface area contributed by atoms with E-state index in [9.17, 15) is 9.50 Å². The predicted molar refractivity (Wildman–Crippen MR) is 66.1 cm³/mol. The number of benzene rings is 2. The molecule has 0 aliphatic rings. The van der Waals surface area contributed by atoms with Crippen molar-refractivity contribution in [1.29, 1.82) is 0 Å². The molecule has 88 valence electrons. The number of halogens is 1. The molecular weight excluding hydrogens is 217 g/mol. The van der Waals surface area contributed by atoms with E-state index >= 15 is 0 Å². The molecule has 0 heterocycles. The van der Waals surface area contributed by atoms with Crippen LogP contribution in [0.3, 0.4) is 0 Å². The molecule has 2 rings (SSSR count). The average Bonchev–Trinajstić information content (AvgIpc) is 2.32. The van der Waals surface area contributed by atoms with Crippen molar-refractivity contribution in [2.24, 2.45) is 0 Å². The summed E-state index contributed by atoms with van der Waals surface area (Å²) in [4.78, 5) is 0. The highest BCUT2D eigenvalue weighted by Gasteiger charge is 2.13. The van der Waals surface area contributed by atoms with E-state index < -0.39 is 6.10 Å². The lowest BCUT2D eigenvalue weighted by atomic mass is 9.97. The van der Waals surface area contributed by atoms with Crippen molar-refractivity contribution in [2.75, 3.05) is 5.73 Å². The number of nitrogen functional groups attached to an aromatic ring is 1. The number of aliphatic hydroxyl groups excluding tert-OH is 1. The lowest BCUT2D eigenvalue weighted by molar-refractivity contribution is 0.219. The van der Waals surface area contributed by atoms with Crippen LogP contribution in [0.2, 0.25) is 0 Å². The maximum Gasteiger partial charge on any atom is 0.123 e. The Morgan fingerprint density at radius 3 is 2.41 bits per heavy atom. The zero-order valence-corrected chi connectivity index (χ0v) is 9.52. The molecule has 2 aromatic carbocycles. The molecule has 0 aromatic heterocycles. The van der Waals surface area contributed by atoms with Crippen molar-refractivity contribution >= 4 is 5.69 Å². The number of hydrogen-bond donors (Lipinski definition) is 2. The standard InChI is InChI=1S/C14H14FNO/c1-9-2-5-11(15)8-13(9)14(17)10-3-6-12(16)7-4-10/h2-8,14,17H,16H2,1H3. The minimum Gasteiger partial charge on any atom is -0.399 e. The largest absolute Gasteiger partial charge is 0.399 e. The van der Waals surface area contributed by atoms with Crippen LogP contribution in [0.4, 0.5) is 10.1 Å². The van der Waals surface area contributed by atoms with Crippen LogP contribution in [0.15, 0.2) is 42.5 Å². The van der Waals surface area contributed by atoms with Crippen molar-refractivity contribution in [2.45, 2.75) is 13.0 Å². The summed E-state index contributed by atoms with van der Waals surface area (Å²) in [5, 5.41) is 10.2. The molecule has 2 aromatic rings. The Bertz CT molecular complexity index is 522. The fraction of sp³-hybridized carbons (Fsp3) is 0.143. The van der Waals surface area contributed by atoms with E-state index in [2.05, 4.69) is 0 Å². The fourth-order valence-electron chi connectivity index (χ4n) is 1.76. The summed E-state index contributed by atoms with van der Waals surface area (Å²) >= 11 is 0. The Kier molecular flexibility index (Phi) is 3.11. The van der Waals surface area contributed by atoms with Gasteiger partial charge in [0.1, 0.15) is 11.9 Å². The minimum absolute atomic E-state index is 0.347. The van der Waals surface area contributed by atoms with E-state index in [0.717, 1.165) is 5.56 Å². The van der Waals surface area contributed by atoms with E-state index in [-0.39, 0.29) is 5.82 Å². The van der Waals surface area contributed by atoms with Crippen LogP contribution in [0.5, 0.6) is 0 Å². The van der Waals surface area contributed by atoms with Gasteiger partial charge >= 0.3 is 0 Å². The maximum atomic E-state index is 13.2. The van der Waals surface area contributed by atoms with Crippen LogP contribution in [-0.4, -0.2) is 5.11 Å². The van der Waals surface area contributed by atoms with Gasteiger partial charge in [-0.3, -0.25) is 0 Å². The molecule has 0 amide bonds. The second kappa shape index (κ2) is 4.55. The SMILES string of the molecule is Cc1ccc(F)cc1C(O)c1ccc(N)cc1. The number of hydrogen-bond acceptors (Lipinski definition) is 2. The lowest BCUT2D eigenvalue weighted by Crippen LogP contribution is -2.02. The van der Waals surface area contributed by atoms with Crippen molar-refractivity contribution < 1.29 is 9.50 Å². The first-order valence-electron chi connectivity index (χ1n) is 5.37. The average molecular weight is 231 g/mol. The van der Waals surface area contributed by atoms with E-state index in [1.807, 2.05) is 6.92 Å². The van der Waals surface area contributed by atoms with Gasteiger partial charge in [0, 0.05) is 5.69 Å². The molecule has 0 aliphatic carbocycles. The molecule has 0 saturated carbocycles. The van der Waals surface area contributed by atoms with E-state index in [0.29, 0.717) is 16.8 Å². The van der Waals surface area contributed by atoms with Crippen LogP contribution >= 0.6 is 0 Å². The second-order valence-corrected chi connectivity index (χ2v) is 4.07. The number of anilines is 1. The third-order valence-corrected chi connectivity index (χ3v) is 2.79. The number of aliphatic hydroxyl groups is 1. The Labute approximate surface area is 99.5 Å². The Hall–Kier alpha value is -1.87. The molecule has 0 radical (unpaired) electrons. The lowest BCUT2D eigenvalue weighted by Gasteiger charge is -2.14. The van der Waals surface area contributed by atoms with Gasteiger partial charge in [0.05, 0.1) is 0 Å². The van der Waals surface area contributed by atoms with Gasteiger partial charge in [-0.05, 0) is 47.9 Å². The highest BCUT2D eigenvalue weighted by Crippen LogP contribution is 2.25. The van der Waals surface area contributed by atoms with Crippen LogP contribution in [-0.2, 0) is 0 Å². The topological polar surface area (TPSA) is 46.2 Å². The van der Waals surface area contributed by atoms with Crippen molar-refractivity contribution in [3.63, 3.8) is 0 Å². The summed E-state index contributed by atoms with van der Waals surface area (Å²) in [6.07, 6.45) is -0.828. The van der Waals surface area contributed by atoms with Crippen LogP contribution in [0.25, 0.3) is 0 Å². The van der Waals surface area contributed by atoms with Gasteiger partial charge in [-0.2, -0.15) is 0 Å². The van der Waals surface area contributed by atoms with Crippen LogP contribution < -0.4 is 5.73 Å². The Morgan fingerprint density at radius 2 is 1.76 bits per heavy atom. The summed E-state index contributed by atoms with van der Waals surface area (Å²) in [7, 11) is 0. The number of rotatable bonds is 2. The molecular formula is C14H14FNO. The minimum atomic E-state index is -0.828. The van der Waals surface area contributed by atoms with Crippen LogP contribution in [0, 0.1) is 12.7 Å². The molecule has 2 nitrogen and oxygen atoms in total. The number of aryl methyl sites for hydroxylation is 1. The number of nitrogens with two attached hydrogens (primary N) is 1. The zero-order valence-electron chi connectivity index (χ0n) is 9.52. The third kappa shape index (κ3) is 2.45. The van der Waals surface area contributed by atoms with Crippen molar-refractivity contribution in [3.8, 4) is 0 Å². The van der Waals surface area contributed by atoms with E-state index in [4.69, 9.17) is 5.73 Å². The second-order valence-electron chi connectivity index (χ2n) is 4.07. The zero-order chi connectivity index (χ0) is 12.4. The Balaban J connectivity index is 2.39. The smallest absolute Gasteiger partial charge is 0.123 e. The molecule has 1 atom stereocenters. The highest BCUT2D eigenvalue weighted by molar-refractivity contribution is 5.43. The normalized spacial score (nSPS) is 12.4. The molecule has 17 heavy (non-hydrogen) atoms. The summed E-state index contributed by atoms with van der Waals surface area (Å²) in [5.41, 5.74) is 8.35. The van der Waals surface area contributed by atoms with Gasteiger partial charge in [-0.15, -0.1) is 0 Å². The fourth-order valence-corrected chi connectivity index (χ4v) is 1.76. The van der Waals surface area contributed by atoms with Gasteiger partial charge < -0.3 is 10.8 Å². The molecule has 1 unspecified atom stereocenters. The predicted octanol–water partition coefficient (Wildman–Crippen LogP) is 2.80. The summed E-state index contributed by atoms with van der Waals surface area (Å²) < 4.78 is 13.2. The molecule has 0 saturated heterocycles.